The predicted molar refractivity (Wildman–Crippen MR) is 108 cm³/mol. The Labute approximate surface area is 160 Å². The Bertz CT molecular complexity index is 1130. The number of nitrogens with two attached hydrogens (primary N) is 1. The Morgan fingerprint density at radius 3 is 2.61 bits per heavy atom. The SMILES string of the molecule is C=Cc1[nH]c2ccc(N)cc2c1N(C(=O)C(C)C#N)c1ccc([N+](=O)[O-])cc1. The number of nitrogens with one attached hydrogen (secondary N) is 1. The maximum Gasteiger partial charge on any atom is 0.269 e. The van der Waals surface area contributed by atoms with E-state index in [0.717, 1.165) is 5.52 Å². The summed E-state index contributed by atoms with van der Waals surface area (Å²) in [6.45, 7) is 5.29. The van der Waals surface area contributed by atoms with E-state index in [0.29, 0.717) is 28.1 Å². The van der Waals surface area contributed by atoms with E-state index < -0.39 is 16.7 Å². The van der Waals surface area contributed by atoms with Gasteiger partial charge in [-0.1, -0.05) is 6.58 Å². The standard InChI is InChI=1S/C20H17N5O3/c1-3-17-19(16-10-13(22)4-9-18(16)23-17)24(20(26)12(2)11-21)14-5-7-15(8-6-14)25(27)28/h3-10,12,23H,1,22H2,2H3. The molecule has 1 heterocycles. The molecule has 1 unspecified atom stereocenters. The van der Waals surface area contributed by atoms with Gasteiger partial charge in [0.15, 0.2) is 0 Å². The topological polar surface area (TPSA) is 129 Å². The van der Waals surface area contributed by atoms with Gasteiger partial charge in [-0.2, -0.15) is 5.26 Å². The molecule has 3 N–H and O–H groups in total. The van der Waals surface area contributed by atoms with E-state index >= 15 is 0 Å². The number of hydrogen-bond acceptors (Lipinski definition) is 5. The Kier molecular flexibility index (Phi) is 4.83. The fraction of sp³-hybridized carbons (Fsp3) is 0.100. The summed E-state index contributed by atoms with van der Waals surface area (Å²) in [6, 6.07) is 12.7. The average Bonchev–Trinajstić information content (AvgIpc) is 3.05. The molecular weight excluding hydrogens is 358 g/mol. The highest BCUT2D eigenvalue weighted by Crippen LogP contribution is 2.38. The molecule has 8 heteroatoms. The third-order valence-electron chi connectivity index (χ3n) is 4.35. The minimum absolute atomic E-state index is 0.100. The Morgan fingerprint density at radius 1 is 1.36 bits per heavy atom. The summed E-state index contributed by atoms with van der Waals surface area (Å²) in [6.07, 6.45) is 1.56. The summed E-state index contributed by atoms with van der Waals surface area (Å²) in [5.41, 5.74) is 8.52. The lowest BCUT2D eigenvalue weighted by molar-refractivity contribution is -0.384. The van der Waals surface area contributed by atoms with Crippen LogP contribution in [0.25, 0.3) is 17.0 Å². The molecule has 0 aliphatic heterocycles. The maximum absolute atomic E-state index is 13.1. The fourth-order valence-corrected chi connectivity index (χ4v) is 2.94. The number of hydrogen-bond donors (Lipinski definition) is 2. The minimum Gasteiger partial charge on any atom is -0.399 e. The summed E-state index contributed by atoms with van der Waals surface area (Å²) >= 11 is 0. The van der Waals surface area contributed by atoms with Crippen LogP contribution < -0.4 is 10.6 Å². The van der Waals surface area contributed by atoms with Crippen molar-refractivity contribution in [3.05, 3.63) is 64.9 Å². The Hall–Kier alpha value is -4.12. The van der Waals surface area contributed by atoms with Crippen molar-refractivity contribution in [3.63, 3.8) is 0 Å². The number of non-ortho nitro benzene ring substituents is 1. The van der Waals surface area contributed by atoms with Crippen LogP contribution >= 0.6 is 0 Å². The number of benzene rings is 2. The third kappa shape index (κ3) is 3.17. The van der Waals surface area contributed by atoms with E-state index in [2.05, 4.69) is 11.6 Å². The van der Waals surface area contributed by atoms with Gasteiger partial charge in [-0.15, -0.1) is 0 Å². The molecule has 3 rings (SSSR count). The van der Waals surface area contributed by atoms with Crippen LogP contribution in [0.3, 0.4) is 0 Å². The molecule has 1 aromatic heterocycles. The van der Waals surface area contributed by atoms with Crippen LogP contribution in [0.5, 0.6) is 0 Å². The van der Waals surface area contributed by atoms with E-state index in [1.54, 1.807) is 24.3 Å². The van der Waals surface area contributed by atoms with Gasteiger partial charge in [-0.05, 0) is 43.3 Å². The van der Waals surface area contributed by atoms with Crippen molar-refractivity contribution < 1.29 is 9.72 Å². The number of aromatic nitrogens is 1. The number of nitrogens with zero attached hydrogens (tertiary/aromatic N) is 3. The molecule has 0 saturated carbocycles. The second-order valence-electron chi connectivity index (χ2n) is 6.19. The lowest BCUT2D eigenvalue weighted by Gasteiger charge is -2.24. The first-order valence-electron chi connectivity index (χ1n) is 8.39. The number of nitro benzene ring substituents is 1. The number of nitriles is 1. The first kappa shape index (κ1) is 18.7. The fourth-order valence-electron chi connectivity index (χ4n) is 2.94. The van der Waals surface area contributed by atoms with Crippen molar-refractivity contribution in [2.45, 2.75) is 6.92 Å². The zero-order chi connectivity index (χ0) is 20.4. The molecule has 0 fully saturated rings. The maximum atomic E-state index is 13.1. The molecule has 0 saturated heterocycles. The van der Waals surface area contributed by atoms with Crippen molar-refractivity contribution >= 4 is 45.6 Å². The highest BCUT2D eigenvalue weighted by atomic mass is 16.6. The number of fused-ring (bicyclic) bond motifs is 1. The number of aromatic amines is 1. The Morgan fingerprint density at radius 2 is 2.04 bits per heavy atom. The Balaban J connectivity index is 2.28. The van der Waals surface area contributed by atoms with Gasteiger partial charge in [0.05, 0.1) is 22.4 Å². The average molecular weight is 375 g/mol. The normalized spacial score (nSPS) is 11.6. The molecule has 2 aromatic carbocycles. The molecule has 1 amide bonds. The van der Waals surface area contributed by atoms with Crippen molar-refractivity contribution in [2.75, 3.05) is 10.6 Å². The number of carbonyl (C=O) groups excluding carboxylic acids is 1. The third-order valence-corrected chi connectivity index (χ3v) is 4.35. The summed E-state index contributed by atoms with van der Waals surface area (Å²) in [7, 11) is 0. The van der Waals surface area contributed by atoms with Crippen LogP contribution in [0.2, 0.25) is 0 Å². The summed E-state index contributed by atoms with van der Waals surface area (Å²) in [5.74, 6) is -1.40. The van der Waals surface area contributed by atoms with E-state index in [1.807, 2.05) is 6.07 Å². The minimum atomic E-state index is -0.932. The lowest BCUT2D eigenvalue weighted by Crippen LogP contribution is -2.31. The zero-order valence-electron chi connectivity index (χ0n) is 15.0. The number of nitrogen functional groups attached to an aromatic ring is 1. The molecule has 0 spiro atoms. The van der Waals surface area contributed by atoms with E-state index in [1.165, 1.54) is 36.1 Å². The highest BCUT2D eigenvalue weighted by molar-refractivity contribution is 6.12. The number of H-pyrrole nitrogens is 1. The molecule has 0 bridgehead atoms. The number of carbonyl (C=O) groups is 1. The van der Waals surface area contributed by atoms with Crippen LogP contribution in [0.4, 0.5) is 22.7 Å². The second kappa shape index (κ2) is 7.25. The number of rotatable bonds is 5. The van der Waals surface area contributed by atoms with Gasteiger partial charge in [0.2, 0.25) is 5.91 Å². The van der Waals surface area contributed by atoms with Gasteiger partial charge in [0.1, 0.15) is 5.92 Å². The molecule has 1 atom stereocenters. The molecule has 140 valence electrons. The monoisotopic (exact) mass is 375 g/mol. The van der Waals surface area contributed by atoms with E-state index in [4.69, 9.17) is 5.73 Å². The molecule has 28 heavy (non-hydrogen) atoms. The molecule has 3 aromatic rings. The van der Waals surface area contributed by atoms with Gasteiger partial charge >= 0.3 is 0 Å². The van der Waals surface area contributed by atoms with Crippen LogP contribution in [-0.2, 0) is 4.79 Å². The first-order chi connectivity index (χ1) is 13.4. The first-order valence-corrected chi connectivity index (χ1v) is 8.39. The van der Waals surface area contributed by atoms with Crippen LogP contribution in [-0.4, -0.2) is 15.8 Å². The quantitative estimate of drug-likeness (QED) is 0.393. The van der Waals surface area contributed by atoms with Crippen LogP contribution in [0, 0.1) is 27.4 Å². The smallest absolute Gasteiger partial charge is 0.269 e. The van der Waals surface area contributed by atoms with Crippen molar-refractivity contribution in [2.24, 2.45) is 5.92 Å². The van der Waals surface area contributed by atoms with E-state index in [-0.39, 0.29) is 5.69 Å². The van der Waals surface area contributed by atoms with Gasteiger partial charge < -0.3 is 10.7 Å². The highest BCUT2D eigenvalue weighted by Gasteiger charge is 2.28. The molecule has 8 nitrogen and oxygen atoms in total. The van der Waals surface area contributed by atoms with Crippen molar-refractivity contribution in [1.82, 2.24) is 4.98 Å². The molecule has 0 aliphatic carbocycles. The van der Waals surface area contributed by atoms with Crippen molar-refractivity contribution in [1.29, 1.82) is 5.26 Å². The van der Waals surface area contributed by atoms with Crippen LogP contribution in [0.15, 0.2) is 49.0 Å². The van der Waals surface area contributed by atoms with Gasteiger partial charge in [0.25, 0.3) is 5.69 Å². The molecular formula is C20H17N5O3. The predicted octanol–water partition coefficient (Wildman–Crippen LogP) is 4.13. The summed E-state index contributed by atoms with van der Waals surface area (Å²) in [4.78, 5) is 28.1. The molecule has 0 aliphatic rings. The molecule has 0 radical (unpaired) electrons. The van der Waals surface area contributed by atoms with Crippen LogP contribution in [0.1, 0.15) is 12.6 Å². The van der Waals surface area contributed by atoms with Gasteiger partial charge in [-0.25, -0.2) is 0 Å². The largest absolute Gasteiger partial charge is 0.399 e. The number of nitro groups is 1. The number of amides is 1. The van der Waals surface area contributed by atoms with E-state index in [9.17, 15) is 20.2 Å². The second-order valence-corrected chi connectivity index (χ2v) is 6.19. The summed E-state index contributed by atoms with van der Waals surface area (Å²) < 4.78 is 0. The lowest BCUT2D eigenvalue weighted by atomic mass is 10.1. The van der Waals surface area contributed by atoms with Crippen molar-refractivity contribution in [3.8, 4) is 6.07 Å². The van der Waals surface area contributed by atoms with Gasteiger partial charge in [-0.3, -0.25) is 19.8 Å². The number of anilines is 3. The van der Waals surface area contributed by atoms with Gasteiger partial charge in [0, 0.05) is 34.4 Å². The zero-order valence-corrected chi connectivity index (χ0v) is 15.0. The summed E-state index contributed by atoms with van der Waals surface area (Å²) in [5, 5.41) is 20.9.